The Labute approximate surface area is 525 Å². The van der Waals surface area contributed by atoms with Crippen LogP contribution >= 0.6 is 7.82 Å². The van der Waals surface area contributed by atoms with Crippen molar-refractivity contribution in [3.05, 3.63) is 109 Å². The number of phosphoric ester groups is 1. The summed E-state index contributed by atoms with van der Waals surface area (Å²) in [6.07, 6.45) is 91.9. The predicted octanol–water partition coefficient (Wildman–Crippen LogP) is 22.2. The molecule has 85 heavy (non-hydrogen) atoms. The van der Waals surface area contributed by atoms with Crippen LogP contribution in [0.1, 0.15) is 303 Å². The van der Waals surface area contributed by atoms with E-state index in [1.165, 1.54) is 186 Å². The maximum atomic E-state index is 12.8. The summed E-state index contributed by atoms with van der Waals surface area (Å²) in [5.41, 5.74) is 0. The molecule has 2 atom stereocenters. The van der Waals surface area contributed by atoms with Crippen LogP contribution in [0.25, 0.3) is 0 Å². The molecule has 0 saturated carbocycles. The number of hydrogen-bond donors (Lipinski definition) is 0. The van der Waals surface area contributed by atoms with E-state index in [0.717, 1.165) is 77.0 Å². The Hall–Kier alpha value is -3.33. The zero-order valence-electron chi connectivity index (χ0n) is 55.8. The lowest BCUT2D eigenvalue weighted by Gasteiger charge is -2.28. The van der Waals surface area contributed by atoms with Crippen molar-refractivity contribution in [2.75, 3.05) is 47.5 Å². The van der Waals surface area contributed by atoms with E-state index in [0.29, 0.717) is 23.9 Å². The lowest BCUT2D eigenvalue weighted by molar-refractivity contribution is -0.870. The number of carbonyl (C=O) groups excluding carboxylic acids is 2. The molecule has 0 N–H and O–H groups in total. The molecular weight excluding hydrogens is 1070 g/mol. The van der Waals surface area contributed by atoms with Gasteiger partial charge < -0.3 is 27.9 Å². The standard InChI is InChI=1S/C75H132NO8P/c1-6-8-10-12-14-16-18-20-22-24-26-28-30-32-34-36-37-38-40-41-43-45-47-49-51-53-55-57-59-61-63-65-67-74(77)81-71-73(72-83-85(79,80)82-70-69-76(3,4)5)84-75(78)68-66-64-62-60-58-56-54-52-50-48-46-44-42-39-35-33-31-29-27-25-23-21-19-17-15-13-11-9-7-2/h9,11,15,17,21,23,27,29,33,35,42,44,48,50,54,56,60,62,73H,6-8,10,12-14,16,18-20,22,24-26,28,30-32,34,36-41,43,45-47,49,51-53,55,57-59,61,63-72H2,1-5H3/b11-9-,17-15-,23-21-,29-27-,35-33-,44-42-,50-48-,56-54-,62-60-. The van der Waals surface area contributed by atoms with E-state index in [1.807, 2.05) is 27.2 Å². The van der Waals surface area contributed by atoms with Crippen LogP contribution in [-0.4, -0.2) is 70.0 Å². The van der Waals surface area contributed by atoms with Crippen LogP contribution in [0.5, 0.6) is 0 Å². The van der Waals surface area contributed by atoms with Gasteiger partial charge in [0.1, 0.15) is 19.8 Å². The SMILES string of the molecule is CC/C=C\C/C=C\C/C=C\C/C=C\C/C=C\C/C=C\C/C=C\C/C=C\C/C=C\CCCC(=O)OC(COC(=O)CCCCCCCCCCCCCCCCCCCCCCCCCCCCCCCCCC)COP(=O)([O-])OCC[N+](C)(C)C. The minimum absolute atomic E-state index is 0.0461. The Bertz CT molecular complexity index is 1800. The zero-order valence-corrected chi connectivity index (χ0v) is 56.7. The van der Waals surface area contributed by atoms with Gasteiger partial charge in [-0.1, -0.05) is 322 Å². The second-order valence-corrected chi connectivity index (χ2v) is 25.9. The van der Waals surface area contributed by atoms with Crippen molar-refractivity contribution in [2.24, 2.45) is 0 Å². The van der Waals surface area contributed by atoms with Crippen LogP contribution in [0.15, 0.2) is 109 Å². The van der Waals surface area contributed by atoms with Gasteiger partial charge in [-0.2, -0.15) is 0 Å². The number of unbranched alkanes of at least 4 members (excludes halogenated alkanes) is 32. The molecule has 0 aromatic rings. The number of carbonyl (C=O) groups is 2. The van der Waals surface area contributed by atoms with Crippen LogP contribution < -0.4 is 4.89 Å². The molecule has 0 heterocycles. The molecule has 0 aromatic carbocycles. The normalized spacial score (nSPS) is 13.8. The summed E-state index contributed by atoms with van der Waals surface area (Å²) in [4.78, 5) is 38.0. The Balaban J connectivity index is 4.13. The summed E-state index contributed by atoms with van der Waals surface area (Å²) in [6.45, 7) is 4.09. The molecule has 490 valence electrons. The van der Waals surface area contributed by atoms with Crippen molar-refractivity contribution >= 4 is 19.8 Å². The summed E-state index contributed by atoms with van der Waals surface area (Å²) in [7, 11) is 1.12. The third-order valence-corrected chi connectivity index (χ3v) is 16.0. The van der Waals surface area contributed by atoms with Crippen molar-refractivity contribution in [2.45, 2.75) is 309 Å². The second kappa shape index (κ2) is 65.1. The van der Waals surface area contributed by atoms with Crippen LogP contribution in [-0.2, 0) is 32.7 Å². The number of hydrogen-bond acceptors (Lipinski definition) is 8. The van der Waals surface area contributed by atoms with E-state index < -0.39 is 32.5 Å². The zero-order chi connectivity index (χ0) is 61.9. The number of esters is 2. The van der Waals surface area contributed by atoms with E-state index >= 15 is 0 Å². The molecular formula is C75H132NO8P. The summed E-state index contributed by atoms with van der Waals surface area (Å²) in [5, 5.41) is 0. The highest BCUT2D eigenvalue weighted by Gasteiger charge is 2.22. The molecule has 0 rings (SSSR count). The first-order valence-corrected chi connectivity index (χ1v) is 36.6. The number of phosphoric acid groups is 1. The molecule has 0 aliphatic rings. The van der Waals surface area contributed by atoms with Gasteiger partial charge in [-0.25, -0.2) is 0 Å². The van der Waals surface area contributed by atoms with Gasteiger partial charge in [0.15, 0.2) is 6.10 Å². The lowest BCUT2D eigenvalue weighted by atomic mass is 10.0. The highest BCUT2D eigenvalue weighted by Crippen LogP contribution is 2.38. The molecule has 0 aromatic heterocycles. The van der Waals surface area contributed by atoms with Gasteiger partial charge in [0.05, 0.1) is 27.7 Å². The monoisotopic (exact) mass is 1210 g/mol. The average molecular weight is 1210 g/mol. The molecule has 0 bridgehead atoms. The molecule has 10 heteroatoms. The largest absolute Gasteiger partial charge is 0.756 e. The van der Waals surface area contributed by atoms with E-state index in [-0.39, 0.29) is 26.1 Å². The highest BCUT2D eigenvalue weighted by molar-refractivity contribution is 7.45. The van der Waals surface area contributed by atoms with E-state index in [4.69, 9.17) is 18.5 Å². The average Bonchev–Trinajstić information content (AvgIpc) is 3.50. The van der Waals surface area contributed by atoms with Gasteiger partial charge >= 0.3 is 11.9 Å². The molecule has 0 spiro atoms. The van der Waals surface area contributed by atoms with Crippen molar-refractivity contribution in [3.8, 4) is 0 Å². The Morgan fingerprint density at radius 2 is 0.671 bits per heavy atom. The quantitative estimate of drug-likeness (QED) is 0.0195. The van der Waals surface area contributed by atoms with Crippen LogP contribution in [0.3, 0.4) is 0 Å². The van der Waals surface area contributed by atoms with Crippen LogP contribution in [0.4, 0.5) is 0 Å². The minimum Gasteiger partial charge on any atom is -0.756 e. The van der Waals surface area contributed by atoms with Crippen LogP contribution in [0.2, 0.25) is 0 Å². The molecule has 9 nitrogen and oxygen atoms in total. The predicted molar refractivity (Wildman–Crippen MR) is 365 cm³/mol. The summed E-state index contributed by atoms with van der Waals surface area (Å²) >= 11 is 0. The number of nitrogens with zero attached hydrogens (tertiary/aromatic N) is 1. The molecule has 0 amide bonds. The first-order chi connectivity index (χ1) is 41.5. The number of likely N-dealkylation sites (N-methyl/N-ethyl adjacent to an activating group) is 1. The lowest BCUT2D eigenvalue weighted by Crippen LogP contribution is -2.37. The van der Waals surface area contributed by atoms with E-state index in [2.05, 4.69) is 117 Å². The van der Waals surface area contributed by atoms with Crippen molar-refractivity contribution < 1.29 is 42.1 Å². The molecule has 0 aliphatic heterocycles. The maximum absolute atomic E-state index is 12.8. The molecule has 2 unspecified atom stereocenters. The fourth-order valence-electron chi connectivity index (χ4n) is 9.72. The Morgan fingerprint density at radius 3 is 0.988 bits per heavy atom. The van der Waals surface area contributed by atoms with Crippen molar-refractivity contribution in [1.29, 1.82) is 0 Å². The highest BCUT2D eigenvalue weighted by atomic mass is 31.2. The summed E-state index contributed by atoms with van der Waals surface area (Å²) < 4.78 is 34.2. The van der Waals surface area contributed by atoms with Gasteiger partial charge in [0, 0.05) is 12.8 Å². The number of rotatable bonds is 64. The number of allylic oxidation sites excluding steroid dienone is 18. The molecule has 0 fully saturated rings. The Kier molecular flexibility index (Phi) is 62.6. The second-order valence-electron chi connectivity index (χ2n) is 24.5. The Morgan fingerprint density at radius 1 is 0.376 bits per heavy atom. The van der Waals surface area contributed by atoms with E-state index in [9.17, 15) is 19.0 Å². The fourth-order valence-corrected chi connectivity index (χ4v) is 10.4. The molecule has 0 saturated heterocycles. The molecule has 0 aliphatic carbocycles. The first-order valence-electron chi connectivity index (χ1n) is 35.1. The van der Waals surface area contributed by atoms with Crippen molar-refractivity contribution in [1.82, 2.24) is 0 Å². The van der Waals surface area contributed by atoms with Gasteiger partial charge in [-0.15, -0.1) is 0 Å². The van der Waals surface area contributed by atoms with Gasteiger partial charge in [0.25, 0.3) is 7.82 Å². The summed E-state index contributed by atoms with van der Waals surface area (Å²) in [6, 6.07) is 0. The third kappa shape index (κ3) is 69.6. The first kappa shape index (κ1) is 81.7. The fraction of sp³-hybridized carbons (Fsp3) is 0.733. The number of quaternary nitrogens is 1. The van der Waals surface area contributed by atoms with Gasteiger partial charge in [-0.05, 0) is 77.0 Å². The summed E-state index contributed by atoms with van der Waals surface area (Å²) in [5.74, 6) is -0.899. The third-order valence-electron chi connectivity index (χ3n) is 15.1. The maximum Gasteiger partial charge on any atom is 0.306 e. The smallest absolute Gasteiger partial charge is 0.306 e. The van der Waals surface area contributed by atoms with Crippen molar-refractivity contribution in [3.63, 3.8) is 0 Å². The van der Waals surface area contributed by atoms with Gasteiger partial charge in [-0.3, -0.25) is 14.2 Å². The van der Waals surface area contributed by atoms with E-state index in [1.54, 1.807) is 0 Å². The topological polar surface area (TPSA) is 111 Å². The van der Waals surface area contributed by atoms with Crippen LogP contribution in [0, 0.1) is 0 Å². The molecule has 0 radical (unpaired) electrons. The number of ether oxygens (including phenoxy) is 2. The minimum atomic E-state index is -4.66. The van der Waals surface area contributed by atoms with Gasteiger partial charge in [0.2, 0.25) is 0 Å².